The summed E-state index contributed by atoms with van der Waals surface area (Å²) in [4.78, 5) is 51.9. The van der Waals surface area contributed by atoms with E-state index in [1.165, 1.54) is 0 Å². The molecule has 1 unspecified atom stereocenters. The maximum absolute atomic E-state index is 13.0. The molecule has 4 amide bonds. The van der Waals surface area contributed by atoms with Crippen molar-refractivity contribution in [2.45, 2.75) is 18.9 Å². The Balaban J connectivity index is 2.00. The molecule has 3 rings (SSSR count). The summed E-state index contributed by atoms with van der Waals surface area (Å²) in [6.07, 6.45) is 5.59. The third-order valence-electron chi connectivity index (χ3n) is 4.47. The first-order chi connectivity index (χ1) is 12.5. The summed E-state index contributed by atoms with van der Waals surface area (Å²) < 4.78 is 0. The van der Waals surface area contributed by atoms with E-state index in [-0.39, 0.29) is 30.5 Å². The van der Waals surface area contributed by atoms with E-state index in [0.29, 0.717) is 18.8 Å². The Bertz CT molecular complexity index is 842. The van der Waals surface area contributed by atoms with Crippen LogP contribution in [-0.2, 0) is 9.59 Å². The third-order valence-corrected chi connectivity index (χ3v) is 4.47. The maximum atomic E-state index is 13.0. The molecule has 8 nitrogen and oxygen atoms in total. The van der Waals surface area contributed by atoms with Crippen molar-refractivity contribution < 1.29 is 19.2 Å². The number of carbonyl (C=O) groups is 4. The molecule has 0 aliphatic carbocycles. The molecule has 1 saturated heterocycles. The van der Waals surface area contributed by atoms with Crippen molar-refractivity contribution in [3.8, 4) is 12.3 Å². The summed E-state index contributed by atoms with van der Waals surface area (Å²) in [7, 11) is 0. The summed E-state index contributed by atoms with van der Waals surface area (Å²) in [5.41, 5.74) is 6.57. The van der Waals surface area contributed by atoms with Crippen LogP contribution in [0.1, 0.15) is 33.6 Å². The Labute approximate surface area is 150 Å². The standard InChI is InChI=1S/C18H18N4O4/c1-2-9-21(10-8-19)12-5-3-4-11-15(12)18(26)22(17(11)25)13-6-7-14(23)20-16(13)24/h1,3-5,13H,6-10,19H2,(H,20,23,24). The van der Waals surface area contributed by atoms with E-state index in [1.54, 1.807) is 23.1 Å². The molecule has 2 aliphatic heterocycles. The van der Waals surface area contributed by atoms with Gasteiger partial charge in [0.25, 0.3) is 11.8 Å². The van der Waals surface area contributed by atoms with Gasteiger partial charge in [0.1, 0.15) is 6.04 Å². The lowest BCUT2D eigenvalue weighted by Gasteiger charge is -2.28. The van der Waals surface area contributed by atoms with Crippen molar-refractivity contribution in [2.24, 2.45) is 5.73 Å². The second-order valence-corrected chi connectivity index (χ2v) is 6.06. The molecular weight excluding hydrogens is 336 g/mol. The van der Waals surface area contributed by atoms with E-state index >= 15 is 0 Å². The van der Waals surface area contributed by atoms with Gasteiger partial charge in [0, 0.05) is 19.5 Å². The zero-order chi connectivity index (χ0) is 18.8. The molecule has 0 aromatic heterocycles. The predicted molar refractivity (Wildman–Crippen MR) is 93.2 cm³/mol. The number of hydrogen-bond donors (Lipinski definition) is 2. The smallest absolute Gasteiger partial charge is 0.264 e. The van der Waals surface area contributed by atoms with E-state index in [1.807, 2.05) is 0 Å². The minimum absolute atomic E-state index is 0.0764. The zero-order valence-electron chi connectivity index (χ0n) is 14.0. The lowest BCUT2D eigenvalue weighted by molar-refractivity contribution is -0.136. The maximum Gasteiger partial charge on any atom is 0.264 e. The van der Waals surface area contributed by atoms with Gasteiger partial charge in [-0.25, -0.2) is 0 Å². The van der Waals surface area contributed by atoms with E-state index in [4.69, 9.17) is 12.2 Å². The number of rotatable bonds is 5. The van der Waals surface area contributed by atoms with Crippen LogP contribution in [0, 0.1) is 12.3 Å². The molecule has 0 saturated carbocycles. The number of nitrogens with one attached hydrogen (secondary N) is 1. The number of nitrogens with two attached hydrogens (primary N) is 1. The monoisotopic (exact) mass is 354 g/mol. The van der Waals surface area contributed by atoms with Gasteiger partial charge in [0.15, 0.2) is 0 Å². The summed E-state index contributed by atoms with van der Waals surface area (Å²) in [6.45, 7) is 0.971. The third kappa shape index (κ3) is 2.82. The van der Waals surface area contributed by atoms with E-state index in [2.05, 4.69) is 11.2 Å². The second-order valence-electron chi connectivity index (χ2n) is 6.06. The summed E-state index contributed by atoms with van der Waals surface area (Å²) in [6, 6.07) is 3.91. The van der Waals surface area contributed by atoms with Crippen molar-refractivity contribution in [1.82, 2.24) is 10.2 Å². The fraction of sp³-hybridized carbons (Fsp3) is 0.333. The van der Waals surface area contributed by atoms with Crippen molar-refractivity contribution in [1.29, 1.82) is 0 Å². The molecule has 0 radical (unpaired) electrons. The van der Waals surface area contributed by atoms with Gasteiger partial charge in [0.05, 0.1) is 23.4 Å². The number of terminal acetylenes is 1. The van der Waals surface area contributed by atoms with Gasteiger partial charge in [-0.2, -0.15) is 0 Å². The van der Waals surface area contributed by atoms with Crippen molar-refractivity contribution >= 4 is 29.3 Å². The topological polar surface area (TPSA) is 113 Å². The Morgan fingerprint density at radius 1 is 1.27 bits per heavy atom. The number of hydrogen-bond acceptors (Lipinski definition) is 6. The number of benzene rings is 1. The fourth-order valence-electron chi connectivity index (χ4n) is 3.31. The first kappa shape index (κ1) is 17.6. The number of fused-ring (bicyclic) bond motifs is 1. The lowest BCUT2D eigenvalue weighted by atomic mass is 10.0. The molecule has 2 heterocycles. The molecule has 3 N–H and O–H groups in total. The molecule has 1 fully saturated rings. The lowest BCUT2D eigenvalue weighted by Crippen LogP contribution is -2.54. The van der Waals surface area contributed by atoms with Crippen molar-refractivity contribution in [3.63, 3.8) is 0 Å². The van der Waals surface area contributed by atoms with Gasteiger partial charge in [-0.3, -0.25) is 29.4 Å². The van der Waals surface area contributed by atoms with Crippen LogP contribution < -0.4 is 16.0 Å². The molecule has 8 heteroatoms. The summed E-state index contributed by atoms with van der Waals surface area (Å²) in [5, 5.41) is 2.17. The van der Waals surface area contributed by atoms with Gasteiger partial charge in [0.2, 0.25) is 11.8 Å². The van der Waals surface area contributed by atoms with Crippen LogP contribution >= 0.6 is 0 Å². The molecule has 26 heavy (non-hydrogen) atoms. The summed E-state index contributed by atoms with van der Waals surface area (Å²) >= 11 is 0. The van der Waals surface area contributed by atoms with Crippen LogP contribution in [0.4, 0.5) is 5.69 Å². The average molecular weight is 354 g/mol. The van der Waals surface area contributed by atoms with Crippen molar-refractivity contribution in [3.05, 3.63) is 29.3 Å². The molecule has 1 atom stereocenters. The molecule has 2 aliphatic rings. The largest absolute Gasteiger partial charge is 0.358 e. The first-order valence-corrected chi connectivity index (χ1v) is 8.22. The van der Waals surface area contributed by atoms with Crippen LogP contribution in [-0.4, -0.2) is 54.2 Å². The number of nitrogens with zero attached hydrogens (tertiary/aromatic N) is 2. The number of anilines is 1. The van der Waals surface area contributed by atoms with Crippen LogP contribution in [0.15, 0.2) is 18.2 Å². The molecule has 134 valence electrons. The highest BCUT2D eigenvalue weighted by Crippen LogP contribution is 2.34. The molecule has 0 bridgehead atoms. The van der Waals surface area contributed by atoms with Crippen LogP contribution in [0.25, 0.3) is 0 Å². The zero-order valence-corrected chi connectivity index (χ0v) is 14.0. The van der Waals surface area contributed by atoms with Gasteiger partial charge < -0.3 is 10.6 Å². The Kier molecular flexibility index (Phi) is 4.73. The number of imide groups is 2. The second kappa shape index (κ2) is 6.98. The van der Waals surface area contributed by atoms with Crippen LogP contribution in [0.5, 0.6) is 0 Å². The molecule has 1 aromatic carbocycles. The van der Waals surface area contributed by atoms with Gasteiger partial charge >= 0.3 is 0 Å². The predicted octanol–water partition coefficient (Wildman–Crippen LogP) is -0.514. The first-order valence-electron chi connectivity index (χ1n) is 8.22. The fourth-order valence-corrected chi connectivity index (χ4v) is 3.31. The molecule has 0 spiro atoms. The Hall–Kier alpha value is -3.18. The Morgan fingerprint density at radius 2 is 2.04 bits per heavy atom. The molecular formula is C18H18N4O4. The van der Waals surface area contributed by atoms with E-state index < -0.39 is 29.7 Å². The number of amides is 4. The summed E-state index contributed by atoms with van der Waals surface area (Å²) in [5.74, 6) is 0.357. The highest BCUT2D eigenvalue weighted by molar-refractivity contribution is 6.25. The number of carbonyl (C=O) groups excluding carboxylic acids is 4. The van der Waals surface area contributed by atoms with E-state index in [0.717, 1.165) is 4.90 Å². The molecule has 1 aromatic rings. The van der Waals surface area contributed by atoms with Gasteiger partial charge in [-0.1, -0.05) is 12.0 Å². The van der Waals surface area contributed by atoms with E-state index in [9.17, 15) is 19.2 Å². The minimum Gasteiger partial charge on any atom is -0.358 e. The SMILES string of the molecule is C#CCN(CCN)c1cccc2c1C(=O)N(C1CCC(=O)NC1=O)C2=O. The highest BCUT2D eigenvalue weighted by Gasteiger charge is 2.45. The van der Waals surface area contributed by atoms with Gasteiger partial charge in [-0.05, 0) is 18.6 Å². The minimum atomic E-state index is -0.997. The highest BCUT2D eigenvalue weighted by atomic mass is 16.2. The van der Waals surface area contributed by atoms with Crippen LogP contribution in [0.3, 0.4) is 0 Å². The van der Waals surface area contributed by atoms with Crippen LogP contribution in [0.2, 0.25) is 0 Å². The number of piperidine rings is 1. The normalized spacial score (nSPS) is 19.2. The quantitative estimate of drug-likeness (QED) is 0.544. The average Bonchev–Trinajstić information content (AvgIpc) is 2.86. The van der Waals surface area contributed by atoms with Crippen molar-refractivity contribution in [2.75, 3.05) is 24.5 Å². The van der Waals surface area contributed by atoms with Gasteiger partial charge in [-0.15, -0.1) is 6.42 Å². The Morgan fingerprint density at radius 3 is 2.69 bits per heavy atom.